The first kappa shape index (κ1) is 11.1. The summed E-state index contributed by atoms with van der Waals surface area (Å²) in [6, 6.07) is 7.64. The second kappa shape index (κ2) is 4.65. The van der Waals surface area contributed by atoms with Crippen molar-refractivity contribution in [2.24, 2.45) is 0 Å². The lowest BCUT2D eigenvalue weighted by Crippen LogP contribution is -1.95. The van der Waals surface area contributed by atoms with Crippen LogP contribution in [0.25, 0.3) is 16.8 Å². The van der Waals surface area contributed by atoms with Crippen molar-refractivity contribution in [2.45, 2.75) is 0 Å². The summed E-state index contributed by atoms with van der Waals surface area (Å²) in [4.78, 5) is 15.1. The highest BCUT2D eigenvalue weighted by molar-refractivity contribution is 5.98. The van der Waals surface area contributed by atoms with Crippen molar-refractivity contribution in [2.75, 3.05) is 12.8 Å². The van der Waals surface area contributed by atoms with E-state index in [9.17, 15) is 4.79 Å². The van der Waals surface area contributed by atoms with Crippen LogP contribution in [-0.2, 0) is 9.53 Å². The van der Waals surface area contributed by atoms with Gasteiger partial charge in [0.2, 0.25) is 0 Å². The minimum atomic E-state index is -0.397. The third kappa shape index (κ3) is 2.25. The molecule has 0 aliphatic carbocycles. The first-order valence-corrected chi connectivity index (χ1v) is 5.11. The number of ether oxygens (including phenoxy) is 1. The van der Waals surface area contributed by atoms with E-state index in [4.69, 9.17) is 5.73 Å². The van der Waals surface area contributed by atoms with Crippen LogP contribution in [0.1, 0.15) is 5.56 Å². The van der Waals surface area contributed by atoms with Gasteiger partial charge in [-0.15, -0.1) is 0 Å². The van der Waals surface area contributed by atoms with Crippen LogP contribution < -0.4 is 5.73 Å². The summed E-state index contributed by atoms with van der Waals surface area (Å²) < 4.78 is 4.54. The Kier molecular flexibility index (Phi) is 3.05. The molecule has 2 aromatic rings. The van der Waals surface area contributed by atoms with Crippen LogP contribution in [0.15, 0.2) is 36.5 Å². The van der Waals surface area contributed by atoms with E-state index in [2.05, 4.69) is 9.72 Å². The number of carbonyl (C=O) groups excluding carboxylic acids is 1. The Bertz CT molecular complexity index is 591. The quantitative estimate of drug-likeness (QED) is 0.630. The first-order valence-electron chi connectivity index (χ1n) is 5.11. The fraction of sp³-hybridized carbons (Fsp3) is 0.0769. The van der Waals surface area contributed by atoms with Crippen molar-refractivity contribution in [3.63, 3.8) is 0 Å². The van der Waals surface area contributed by atoms with Gasteiger partial charge in [0, 0.05) is 23.2 Å². The molecule has 0 saturated heterocycles. The summed E-state index contributed by atoms with van der Waals surface area (Å²) in [6.07, 6.45) is 4.66. The van der Waals surface area contributed by atoms with Crippen molar-refractivity contribution in [3.05, 3.63) is 42.1 Å². The molecule has 0 spiro atoms. The number of methoxy groups -OCH3 is 1. The van der Waals surface area contributed by atoms with Crippen LogP contribution in [0.2, 0.25) is 0 Å². The normalized spacial score (nSPS) is 10.9. The lowest BCUT2D eigenvalue weighted by Gasteiger charge is -2.04. The molecule has 0 aliphatic heterocycles. The van der Waals surface area contributed by atoms with Gasteiger partial charge in [0.15, 0.2) is 0 Å². The highest BCUT2D eigenvalue weighted by Crippen LogP contribution is 2.23. The number of rotatable bonds is 2. The molecule has 1 aromatic heterocycles. The molecule has 0 bridgehead atoms. The van der Waals surface area contributed by atoms with Crippen molar-refractivity contribution in [1.82, 2.24) is 4.98 Å². The van der Waals surface area contributed by atoms with Gasteiger partial charge in [-0.05, 0) is 11.5 Å². The van der Waals surface area contributed by atoms with Crippen LogP contribution in [0, 0.1) is 0 Å². The molecule has 0 saturated carbocycles. The van der Waals surface area contributed by atoms with Crippen molar-refractivity contribution in [3.8, 4) is 0 Å². The minimum Gasteiger partial charge on any atom is -0.466 e. The van der Waals surface area contributed by atoms with Crippen LogP contribution in [-0.4, -0.2) is 18.1 Å². The maximum absolute atomic E-state index is 11.0. The van der Waals surface area contributed by atoms with Gasteiger partial charge in [0.25, 0.3) is 0 Å². The summed E-state index contributed by atoms with van der Waals surface area (Å²) in [5.41, 5.74) is 6.61. The number of pyridine rings is 1. The third-order valence-electron chi connectivity index (χ3n) is 2.46. The standard InChI is InChI=1S/C13H12N2O2/c1-17-12(16)7-6-9-8-15-13(14)11-5-3-2-4-10(9)11/h2-8H,1H3,(H2,14,15). The molecule has 1 heterocycles. The van der Waals surface area contributed by atoms with E-state index in [1.165, 1.54) is 13.2 Å². The zero-order chi connectivity index (χ0) is 12.3. The lowest BCUT2D eigenvalue weighted by atomic mass is 10.1. The maximum atomic E-state index is 11.0. The van der Waals surface area contributed by atoms with Crippen molar-refractivity contribution in [1.29, 1.82) is 0 Å². The number of anilines is 1. The van der Waals surface area contributed by atoms with Gasteiger partial charge in [-0.1, -0.05) is 24.3 Å². The van der Waals surface area contributed by atoms with Gasteiger partial charge < -0.3 is 10.5 Å². The first-order chi connectivity index (χ1) is 8.22. The second-order valence-electron chi connectivity index (χ2n) is 3.50. The summed E-state index contributed by atoms with van der Waals surface area (Å²) in [5, 5.41) is 1.83. The number of fused-ring (bicyclic) bond motifs is 1. The number of carbonyl (C=O) groups is 1. The monoisotopic (exact) mass is 228 g/mol. The highest BCUT2D eigenvalue weighted by Gasteiger charge is 2.02. The Morgan fingerprint density at radius 1 is 1.35 bits per heavy atom. The largest absolute Gasteiger partial charge is 0.466 e. The average Bonchev–Trinajstić information content (AvgIpc) is 2.38. The van der Waals surface area contributed by atoms with E-state index < -0.39 is 5.97 Å². The number of hydrogen-bond donors (Lipinski definition) is 1. The Morgan fingerprint density at radius 2 is 2.06 bits per heavy atom. The zero-order valence-electron chi connectivity index (χ0n) is 9.38. The highest BCUT2D eigenvalue weighted by atomic mass is 16.5. The van der Waals surface area contributed by atoms with Gasteiger partial charge in [0.05, 0.1) is 7.11 Å². The molecular formula is C13H12N2O2. The number of aromatic nitrogens is 1. The van der Waals surface area contributed by atoms with Crippen LogP contribution in [0.3, 0.4) is 0 Å². The van der Waals surface area contributed by atoms with E-state index in [1.807, 2.05) is 24.3 Å². The zero-order valence-corrected chi connectivity index (χ0v) is 9.38. The van der Waals surface area contributed by atoms with E-state index in [0.29, 0.717) is 5.82 Å². The molecule has 86 valence electrons. The molecule has 2 rings (SSSR count). The molecule has 0 aliphatic rings. The number of nitrogens with zero attached hydrogens (tertiary/aromatic N) is 1. The topological polar surface area (TPSA) is 65.2 Å². The van der Waals surface area contributed by atoms with Gasteiger partial charge in [-0.3, -0.25) is 0 Å². The maximum Gasteiger partial charge on any atom is 0.330 e. The van der Waals surface area contributed by atoms with Crippen molar-refractivity contribution >= 4 is 28.6 Å². The van der Waals surface area contributed by atoms with Crippen LogP contribution >= 0.6 is 0 Å². The molecule has 0 radical (unpaired) electrons. The smallest absolute Gasteiger partial charge is 0.330 e. The predicted molar refractivity (Wildman–Crippen MR) is 67.2 cm³/mol. The molecular weight excluding hydrogens is 216 g/mol. The van der Waals surface area contributed by atoms with Gasteiger partial charge in [-0.25, -0.2) is 9.78 Å². The number of benzene rings is 1. The molecule has 0 fully saturated rings. The van der Waals surface area contributed by atoms with E-state index in [1.54, 1.807) is 12.3 Å². The average molecular weight is 228 g/mol. The number of hydrogen-bond acceptors (Lipinski definition) is 4. The Labute approximate surface area is 98.7 Å². The Balaban J connectivity index is 2.52. The molecule has 0 amide bonds. The Morgan fingerprint density at radius 3 is 2.76 bits per heavy atom. The molecule has 0 unspecified atom stereocenters. The van der Waals surface area contributed by atoms with Gasteiger partial charge in [0.1, 0.15) is 5.82 Å². The van der Waals surface area contributed by atoms with E-state index in [0.717, 1.165) is 16.3 Å². The minimum absolute atomic E-state index is 0.397. The van der Waals surface area contributed by atoms with Crippen molar-refractivity contribution < 1.29 is 9.53 Å². The molecule has 17 heavy (non-hydrogen) atoms. The molecule has 2 N–H and O–H groups in total. The molecule has 4 heteroatoms. The Hall–Kier alpha value is -2.36. The third-order valence-corrected chi connectivity index (χ3v) is 2.46. The number of nitrogen functional groups attached to an aromatic ring is 1. The van der Waals surface area contributed by atoms with E-state index in [-0.39, 0.29) is 0 Å². The van der Waals surface area contributed by atoms with E-state index >= 15 is 0 Å². The summed E-state index contributed by atoms with van der Waals surface area (Å²) in [5.74, 6) is 0.0849. The summed E-state index contributed by atoms with van der Waals surface area (Å²) >= 11 is 0. The van der Waals surface area contributed by atoms with Gasteiger partial charge >= 0.3 is 5.97 Å². The lowest BCUT2D eigenvalue weighted by molar-refractivity contribution is -0.134. The summed E-state index contributed by atoms with van der Waals surface area (Å²) in [7, 11) is 1.34. The molecule has 4 nitrogen and oxygen atoms in total. The second-order valence-corrected chi connectivity index (χ2v) is 3.50. The summed E-state index contributed by atoms with van der Waals surface area (Å²) in [6.45, 7) is 0. The SMILES string of the molecule is COC(=O)C=Cc1cnc(N)c2ccccc12. The fourth-order valence-corrected chi connectivity index (χ4v) is 1.60. The van der Waals surface area contributed by atoms with Crippen LogP contribution in [0.4, 0.5) is 5.82 Å². The number of nitrogens with two attached hydrogens (primary N) is 1. The van der Waals surface area contributed by atoms with Crippen LogP contribution in [0.5, 0.6) is 0 Å². The van der Waals surface area contributed by atoms with Gasteiger partial charge in [-0.2, -0.15) is 0 Å². The fourth-order valence-electron chi connectivity index (χ4n) is 1.60. The predicted octanol–water partition coefficient (Wildman–Crippen LogP) is 2.00. The molecule has 1 aromatic carbocycles. The number of esters is 1. The molecule has 0 atom stereocenters.